The number of fused-ring (bicyclic) bond motifs is 1. The van der Waals surface area contributed by atoms with Gasteiger partial charge in [0.1, 0.15) is 0 Å². The summed E-state index contributed by atoms with van der Waals surface area (Å²) in [5.41, 5.74) is 4.85. The van der Waals surface area contributed by atoms with E-state index in [0.29, 0.717) is 0 Å². The summed E-state index contributed by atoms with van der Waals surface area (Å²) in [4.78, 5) is 0. The molecule has 1 aliphatic heterocycles. The maximum absolute atomic E-state index is 5.79. The van der Waals surface area contributed by atoms with E-state index >= 15 is 0 Å². The van der Waals surface area contributed by atoms with Gasteiger partial charge in [-0.1, -0.05) is 48.5 Å². The average molecular weight is 274 g/mol. The number of hydrogen-bond donors (Lipinski definition) is 0. The topological polar surface area (TPSA) is 13.1 Å². The molecule has 0 unspecified atom stereocenters. The summed E-state index contributed by atoms with van der Waals surface area (Å²) in [5, 5.41) is 0. The van der Waals surface area contributed by atoms with Crippen LogP contribution in [0.15, 0.2) is 72.8 Å². The van der Waals surface area contributed by atoms with Crippen LogP contribution in [-0.4, -0.2) is 6.61 Å². The number of pyridine rings is 1. The van der Waals surface area contributed by atoms with Crippen LogP contribution in [0.1, 0.15) is 0 Å². The predicted octanol–water partition coefficient (Wildman–Crippen LogP) is 3.70. The lowest BCUT2D eigenvalue weighted by atomic mass is 10.0. The van der Waals surface area contributed by atoms with Crippen LogP contribution in [0.5, 0.6) is 5.88 Å². The molecule has 0 N–H and O–H groups in total. The van der Waals surface area contributed by atoms with Crippen molar-refractivity contribution in [2.75, 3.05) is 6.61 Å². The molecule has 4 rings (SSSR count). The zero-order valence-corrected chi connectivity index (χ0v) is 11.7. The molecular formula is C19H16NO+. The smallest absolute Gasteiger partial charge is 0.369 e. The molecule has 0 saturated heterocycles. The third-order valence-corrected chi connectivity index (χ3v) is 3.87. The van der Waals surface area contributed by atoms with E-state index in [0.717, 1.165) is 19.0 Å². The van der Waals surface area contributed by atoms with E-state index in [1.54, 1.807) is 0 Å². The Morgan fingerprint density at radius 3 is 2.10 bits per heavy atom. The Morgan fingerprint density at radius 1 is 0.714 bits per heavy atom. The van der Waals surface area contributed by atoms with Crippen LogP contribution < -0.4 is 9.30 Å². The second kappa shape index (κ2) is 5.06. The molecule has 21 heavy (non-hydrogen) atoms. The van der Waals surface area contributed by atoms with Gasteiger partial charge in [0.25, 0.3) is 0 Å². The van der Waals surface area contributed by atoms with Gasteiger partial charge < -0.3 is 4.74 Å². The molecule has 3 aromatic rings. The fourth-order valence-corrected chi connectivity index (χ4v) is 2.83. The minimum atomic E-state index is 0.748. The second-order valence-corrected chi connectivity index (χ2v) is 5.20. The maximum Gasteiger partial charge on any atom is 0.369 e. The molecule has 0 bridgehead atoms. The first-order valence-electron chi connectivity index (χ1n) is 7.23. The molecule has 2 heterocycles. The Balaban J connectivity index is 1.92. The van der Waals surface area contributed by atoms with E-state index in [2.05, 4.69) is 65.2 Å². The zero-order chi connectivity index (χ0) is 14.1. The van der Waals surface area contributed by atoms with Crippen LogP contribution >= 0.6 is 0 Å². The summed E-state index contributed by atoms with van der Waals surface area (Å²) < 4.78 is 8.04. The molecular weight excluding hydrogens is 258 g/mol. The SMILES string of the molecule is c1ccc(-c2cc3[n+](c(-c4ccccc4)c2)CCO3)cc1. The normalized spacial score (nSPS) is 12.8. The molecule has 0 spiro atoms. The Bertz CT molecular complexity index is 766. The summed E-state index contributed by atoms with van der Waals surface area (Å²) in [6.45, 7) is 1.66. The minimum absolute atomic E-state index is 0.748. The van der Waals surface area contributed by atoms with Crippen molar-refractivity contribution in [2.24, 2.45) is 0 Å². The van der Waals surface area contributed by atoms with Gasteiger partial charge in [-0.2, -0.15) is 4.57 Å². The van der Waals surface area contributed by atoms with Gasteiger partial charge in [-0.3, -0.25) is 0 Å². The van der Waals surface area contributed by atoms with Crippen molar-refractivity contribution in [2.45, 2.75) is 6.54 Å². The van der Waals surface area contributed by atoms with Gasteiger partial charge >= 0.3 is 5.88 Å². The summed E-state index contributed by atoms with van der Waals surface area (Å²) in [7, 11) is 0. The van der Waals surface area contributed by atoms with E-state index in [4.69, 9.17) is 4.74 Å². The van der Waals surface area contributed by atoms with Gasteiger partial charge in [-0.05, 0) is 23.3 Å². The molecule has 2 aromatic carbocycles. The quantitative estimate of drug-likeness (QED) is 0.649. The number of nitrogens with zero attached hydrogens (tertiary/aromatic N) is 1. The predicted molar refractivity (Wildman–Crippen MR) is 83.0 cm³/mol. The van der Waals surface area contributed by atoms with Crippen LogP contribution in [-0.2, 0) is 6.54 Å². The Kier molecular flexibility index (Phi) is 2.93. The molecule has 1 aliphatic rings. The lowest BCUT2D eigenvalue weighted by Gasteiger charge is -2.06. The Labute approximate surface area is 124 Å². The van der Waals surface area contributed by atoms with Gasteiger partial charge in [0, 0.05) is 11.6 Å². The molecule has 0 saturated carbocycles. The second-order valence-electron chi connectivity index (χ2n) is 5.20. The van der Waals surface area contributed by atoms with Crippen LogP contribution in [0.3, 0.4) is 0 Å². The van der Waals surface area contributed by atoms with Gasteiger partial charge in [0.2, 0.25) is 5.69 Å². The number of rotatable bonds is 2. The van der Waals surface area contributed by atoms with E-state index < -0.39 is 0 Å². The van der Waals surface area contributed by atoms with Crippen molar-refractivity contribution in [3.8, 4) is 28.3 Å². The Morgan fingerprint density at radius 2 is 1.38 bits per heavy atom. The molecule has 0 fully saturated rings. The monoisotopic (exact) mass is 274 g/mol. The Hall–Kier alpha value is -2.61. The highest BCUT2D eigenvalue weighted by Crippen LogP contribution is 2.28. The third-order valence-electron chi connectivity index (χ3n) is 3.87. The van der Waals surface area contributed by atoms with E-state index in [-0.39, 0.29) is 0 Å². The number of hydrogen-bond acceptors (Lipinski definition) is 1. The van der Waals surface area contributed by atoms with Gasteiger partial charge in [0.05, 0.1) is 6.07 Å². The van der Waals surface area contributed by atoms with Crippen molar-refractivity contribution in [1.29, 1.82) is 0 Å². The van der Waals surface area contributed by atoms with E-state index in [1.165, 1.54) is 22.4 Å². The highest BCUT2D eigenvalue weighted by Gasteiger charge is 2.26. The van der Waals surface area contributed by atoms with E-state index in [9.17, 15) is 0 Å². The minimum Gasteiger partial charge on any atom is -0.438 e. The molecule has 2 nitrogen and oxygen atoms in total. The van der Waals surface area contributed by atoms with Crippen LogP contribution in [0.25, 0.3) is 22.4 Å². The van der Waals surface area contributed by atoms with Gasteiger partial charge in [-0.25, -0.2) is 0 Å². The molecule has 0 aliphatic carbocycles. The first-order chi connectivity index (χ1) is 10.4. The number of benzene rings is 2. The maximum atomic E-state index is 5.79. The molecule has 1 aromatic heterocycles. The lowest BCUT2D eigenvalue weighted by molar-refractivity contribution is -0.668. The molecule has 0 atom stereocenters. The summed E-state index contributed by atoms with van der Waals surface area (Å²) in [6, 6.07) is 25.3. The molecule has 0 radical (unpaired) electrons. The summed E-state index contributed by atoms with van der Waals surface area (Å²) >= 11 is 0. The lowest BCUT2D eigenvalue weighted by Crippen LogP contribution is -2.33. The zero-order valence-electron chi connectivity index (χ0n) is 11.7. The van der Waals surface area contributed by atoms with Crippen molar-refractivity contribution in [3.63, 3.8) is 0 Å². The molecule has 2 heteroatoms. The third kappa shape index (κ3) is 2.19. The summed E-state index contributed by atoms with van der Waals surface area (Å²) in [5.74, 6) is 0.954. The molecule has 102 valence electrons. The highest BCUT2D eigenvalue weighted by molar-refractivity contribution is 5.69. The average Bonchev–Trinajstić information content (AvgIpc) is 3.04. The fraction of sp³-hybridized carbons (Fsp3) is 0.105. The largest absolute Gasteiger partial charge is 0.438 e. The standard InChI is InChI=1S/C19H16NO/c1-3-7-15(8-4-1)17-13-18(16-9-5-2-6-10-16)20-11-12-21-19(20)14-17/h1-10,13-14H,11-12H2/q+1. The number of ether oxygens (including phenoxy) is 1. The van der Waals surface area contributed by atoms with Gasteiger partial charge in [0.15, 0.2) is 13.2 Å². The van der Waals surface area contributed by atoms with Crippen molar-refractivity contribution >= 4 is 0 Å². The van der Waals surface area contributed by atoms with E-state index in [1.807, 2.05) is 12.1 Å². The number of aromatic nitrogens is 1. The van der Waals surface area contributed by atoms with Crippen molar-refractivity contribution in [1.82, 2.24) is 0 Å². The van der Waals surface area contributed by atoms with Crippen LogP contribution in [0.2, 0.25) is 0 Å². The molecule has 0 amide bonds. The van der Waals surface area contributed by atoms with Crippen LogP contribution in [0, 0.1) is 0 Å². The fourth-order valence-electron chi connectivity index (χ4n) is 2.83. The first-order valence-corrected chi connectivity index (χ1v) is 7.23. The van der Waals surface area contributed by atoms with Crippen LogP contribution in [0.4, 0.5) is 0 Å². The summed E-state index contributed by atoms with van der Waals surface area (Å²) in [6.07, 6.45) is 0. The highest BCUT2D eigenvalue weighted by atomic mass is 16.5. The van der Waals surface area contributed by atoms with Crippen molar-refractivity contribution < 1.29 is 9.30 Å². The first kappa shape index (κ1) is 12.2. The van der Waals surface area contributed by atoms with Gasteiger partial charge in [-0.15, -0.1) is 0 Å². The van der Waals surface area contributed by atoms with Crippen molar-refractivity contribution in [3.05, 3.63) is 72.8 Å².